The summed E-state index contributed by atoms with van der Waals surface area (Å²) in [6.45, 7) is 1.21. The van der Waals surface area contributed by atoms with Crippen molar-refractivity contribution in [1.82, 2.24) is 14.9 Å². The first-order valence-corrected chi connectivity index (χ1v) is 10.3. The molecule has 0 aliphatic carbocycles. The van der Waals surface area contributed by atoms with E-state index in [4.69, 9.17) is 21.7 Å². The number of ether oxygens (including phenoxy) is 2. The zero-order valence-corrected chi connectivity index (χ0v) is 17.7. The van der Waals surface area contributed by atoms with Crippen LogP contribution in [-0.4, -0.2) is 47.8 Å². The van der Waals surface area contributed by atoms with Crippen molar-refractivity contribution in [2.45, 2.75) is 18.9 Å². The van der Waals surface area contributed by atoms with Crippen LogP contribution < -0.4 is 10.9 Å². The third-order valence-electron chi connectivity index (χ3n) is 5.22. The number of hydrogen-bond acceptors (Lipinski definition) is 6. The lowest BCUT2D eigenvalue weighted by molar-refractivity contribution is 0.0600. The van der Waals surface area contributed by atoms with E-state index in [-0.39, 0.29) is 22.3 Å². The number of carbonyl (C=O) groups excluding carboxylic acids is 2. The molecule has 1 aliphatic rings. The van der Waals surface area contributed by atoms with E-state index in [9.17, 15) is 14.4 Å². The fourth-order valence-electron chi connectivity index (χ4n) is 3.57. The van der Waals surface area contributed by atoms with Crippen molar-refractivity contribution in [2.24, 2.45) is 0 Å². The summed E-state index contributed by atoms with van der Waals surface area (Å²) in [7, 11) is 1.29. The van der Waals surface area contributed by atoms with Gasteiger partial charge in [0.25, 0.3) is 11.5 Å². The zero-order chi connectivity index (χ0) is 22.0. The summed E-state index contributed by atoms with van der Waals surface area (Å²) in [5.41, 5.74) is 1.44. The van der Waals surface area contributed by atoms with Crippen molar-refractivity contribution < 1.29 is 19.1 Å². The Hall–Kier alpha value is -3.30. The van der Waals surface area contributed by atoms with Crippen LogP contribution in [0.3, 0.4) is 0 Å². The summed E-state index contributed by atoms with van der Waals surface area (Å²) in [4.78, 5) is 40.1. The molecule has 160 valence electrons. The van der Waals surface area contributed by atoms with Gasteiger partial charge in [-0.15, -0.1) is 0 Å². The number of nitrogens with zero attached hydrogens (tertiary/aromatic N) is 1. The van der Waals surface area contributed by atoms with Crippen LogP contribution in [0, 0.1) is 4.77 Å². The molecule has 31 heavy (non-hydrogen) atoms. The second-order valence-electron chi connectivity index (χ2n) is 7.21. The SMILES string of the molecule is COC(=O)c1ccc2c(=O)n(-c3ccc(C(=O)NC[C@@H]4CCCO4)cc3)c(=S)[nH]c2c1. The molecule has 2 N–H and O–H groups in total. The molecular formula is C22H21N3O5S. The average Bonchev–Trinajstić information content (AvgIpc) is 3.30. The molecule has 9 heteroatoms. The summed E-state index contributed by atoms with van der Waals surface area (Å²) in [5.74, 6) is -0.702. The van der Waals surface area contributed by atoms with E-state index >= 15 is 0 Å². The molecule has 1 aliphatic heterocycles. The number of esters is 1. The highest BCUT2D eigenvalue weighted by molar-refractivity contribution is 7.71. The number of aromatic nitrogens is 2. The van der Waals surface area contributed by atoms with E-state index < -0.39 is 5.97 Å². The number of carbonyl (C=O) groups is 2. The molecule has 8 nitrogen and oxygen atoms in total. The standard InChI is InChI=1S/C22H21N3O5S/c1-29-21(28)14-6-9-17-18(11-14)24-22(31)25(20(17)27)15-7-4-13(5-8-15)19(26)23-12-16-3-2-10-30-16/h4-9,11,16H,2-3,10,12H2,1H3,(H,23,26)(H,24,31)/t16-/m0/s1. The van der Waals surface area contributed by atoms with Crippen LogP contribution in [0.15, 0.2) is 47.3 Å². The van der Waals surface area contributed by atoms with E-state index in [2.05, 4.69) is 10.3 Å². The van der Waals surface area contributed by atoms with E-state index in [1.54, 1.807) is 30.3 Å². The fraction of sp³-hybridized carbons (Fsp3) is 0.273. The summed E-state index contributed by atoms with van der Waals surface area (Å²) in [5, 5.41) is 3.24. The van der Waals surface area contributed by atoms with Crippen molar-refractivity contribution in [3.05, 3.63) is 68.7 Å². The molecule has 1 atom stereocenters. The molecule has 0 spiro atoms. The maximum Gasteiger partial charge on any atom is 0.337 e. The van der Waals surface area contributed by atoms with Crippen LogP contribution in [0.2, 0.25) is 0 Å². The number of methoxy groups -OCH3 is 1. The lowest BCUT2D eigenvalue weighted by Gasteiger charge is -2.12. The number of aromatic amines is 1. The Labute approximate surface area is 182 Å². The molecule has 1 fully saturated rings. The van der Waals surface area contributed by atoms with Crippen LogP contribution in [0.1, 0.15) is 33.6 Å². The quantitative estimate of drug-likeness (QED) is 0.468. The fourth-order valence-corrected chi connectivity index (χ4v) is 3.87. The van der Waals surface area contributed by atoms with Gasteiger partial charge in [-0.25, -0.2) is 4.79 Å². The molecule has 0 bridgehead atoms. The number of benzene rings is 2. The smallest absolute Gasteiger partial charge is 0.337 e. The number of hydrogen-bond donors (Lipinski definition) is 2. The molecule has 1 saturated heterocycles. The van der Waals surface area contributed by atoms with Gasteiger partial charge in [0.15, 0.2) is 4.77 Å². The van der Waals surface area contributed by atoms with Gasteiger partial charge >= 0.3 is 5.97 Å². The normalized spacial score (nSPS) is 15.7. The first kappa shape index (κ1) is 21.0. The van der Waals surface area contributed by atoms with E-state index in [0.717, 1.165) is 19.4 Å². The summed E-state index contributed by atoms with van der Waals surface area (Å²) in [6.07, 6.45) is 2.03. The Morgan fingerprint density at radius 3 is 2.65 bits per heavy atom. The second-order valence-corrected chi connectivity index (χ2v) is 7.60. The highest BCUT2D eigenvalue weighted by Crippen LogP contribution is 2.15. The van der Waals surface area contributed by atoms with Crippen molar-refractivity contribution in [3.63, 3.8) is 0 Å². The minimum atomic E-state index is -0.501. The monoisotopic (exact) mass is 439 g/mol. The molecule has 4 rings (SSSR count). The Balaban J connectivity index is 1.60. The van der Waals surface area contributed by atoms with Crippen LogP contribution in [-0.2, 0) is 9.47 Å². The van der Waals surface area contributed by atoms with E-state index in [0.29, 0.717) is 34.3 Å². The predicted molar refractivity (Wildman–Crippen MR) is 117 cm³/mol. The molecule has 2 heterocycles. The van der Waals surface area contributed by atoms with Gasteiger partial charge in [-0.3, -0.25) is 14.2 Å². The van der Waals surface area contributed by atoms with E-state index in [1.165, 1.54) is 23.8 Å². The first-order valence-electron chi connectivity index (χ1n) is 9.85. The number of amides is 1. The molecule has 3 aromatic rings. The van der Waals surface area contributed by atoms with Crippen LogP contribution in [0.5, 0.6) is 0 Å². The summed E-state index contributed by atoms with van der Waals surface area (Å²) >= 11 is 5.37. The molecule has 1 amide bonds. The molecular weight excluding hydrogens is 418 g/mol. The lowest BCUT2D eigenvalue weighted by atomic mass is 10.1. The summed E-state index contributed by atoms with van der Waals surface area (Å²) < 4.78 is 11.8. The Morgan fingerprint density at radius 1 is 1.23 bits per heavy atom. The van der Waals surface area contributed by atoms with Crippen molar-refractivity contribution >= 4 is 35.0 Å². The third kappa shape index (κ3) is 4.28. The number of nitrogens with one attached hydrogen (secondary N) is 2. The minimum absolute atomic E-state index is 0.0670. The van der Waals surface area contributed by atoms with Crippen LogP contribution in [0.25, 0.3) is 16.6 Å². The first-order chi connectivity index (χ1) is 15.0. The maximum atomic E-state index is 13.0. The molecule has 2 aromatic carbocycles. The lowest BCUT2D eigenvalue weighted by Crippen LogP contribution is -2.31. The minimum Gasteiger partial charge on any atom is -0.465 e. The van der Waals surface area contributed by atoms with Crippen molar-refractivity contribution in [1.29, 1.82) is 0 Å². The van der Waals surface area contributed by atoms with Crippen molar-refractivity contribution in [3.8, 4) is 5.69 Å². The van der Waals surface area contributed by atoms with Gasteiger partial charge in [0.05, 0.1) is 35.4 Å². The molecule has 1 aromatic heterocycles. The van der Waals surface area contributed by atoms with Gasteiger partial charge in [0, 0.05) is 18.7 Å². The maximum absolute atomic E-state index is 13.0. The van der Waals surface area contributed by atoms with Gasteiger partial charge < -0.3 is 19.8 Å². The predicted octanol–water partition coefficient (Wildman–Crippen LogP) is 2.74. The van der Waals surface area contributed by atoms with Gasteiger partial charge in [0.1, 0.15) is 0 Å². The van der Waals surface area contributed by atoms with Gasteiger partial charge in [0.2, 0.25) is 0 Å². The second kappa shape index (κ2) is 8.83. The number of fused-ring (bicyclic) bond motifs is 1. The number of H-pyrrole nitrogens is 1. The Bertz CT molecular complexity index is 1260. The molecule has 0 radical (unpaired) electrons. The zero-order valence-electron chi connectivity index (χ0n) is 16.8. The van der Waals surface area contributed by atoms with Gasteiger partial charge in [-0.05, 0) is 67.5 Å². The largest absolute Gasteiger partial charge is 0.465 e. The summed E-state index contributed by atoms with van der Waals surface area (Å²) in [6, 6.07) is 11.2. The third-order valence-corrected chi connectivity index (χ3v) is 5.51. The molecule has 0 saturated carbocycles. The highest BCUT2D eigenvalue weighted by Gasteiger charge is 2.17. The van der Waals surface area contributed by atoms with Gasteiger partial charge in [-0.1, -0.05) is 0 Å². The highest BCUT2D eigenvalue weighted by atomic mass is 32.1. The molecule has 0 unspecified atom stereocenters. The van der Waals surface area contributed by atoms with Gasteiger partial charge in [-0.2, -0.15) is 0 Å². The number of rotatable bonds is 5. The Morgan fingerprint density at radius 2 is 1.97 bits per heavy atom. The average molecular weight is 439 g/mol. The topological polar surface area (TPSA) is 102 Å². The van der Waals surface area contributed by atoms with E-state index in [1.807, 2.05) is 0 Å². The van der Waals surface area contributed by atoms with Crippen LogP contribution >= 0.6 is 12.2 Å². The van der Waals surface area contributed by atoms with Crippen molar-refractivity contribution in [2.75, 3.05) is 20.3 Å². The van der Waals surface area contributed by atoms with Crippen LogP contribution in [0.4, 0.5) is 0 Å². The Kier molecular flexibility index (Phi) is 5.97.